The van der Waals surface area contributed by atoms with E-state index in [0.717, 1.165) is 48.2 Å². The third kappa shape index (κ3) is 5.06. The van der Waals surface area contributed by atoms with Gasteiger partial charge < -0.3 is 25.4 Å². The third-order valence-corrected chi connectivity index (χ3v) is 6.00. The summed E-state index contributed by atoms with van der Waals surface area (Å²) in [6.45, 7) is 2.48. The van der Waals surface area contributed by atoms with E-state index in [-0.39, 0.29) is 6.54 Å². The molecule has 0 unspecified atom stereocenters. The Morgan fingerprint density at radius 1 is 1.06 bits per heavy atom. The lowest BCUT2D eigenvalue weighted by atomic mass is 10.0. The maximum atomic E-state index is 12.3. The van der Waals surface area contributed by atoms with Crippen LogP contribution in [0.15, 0.2) is 54.6 Å². The lowest BCUT2D eigenvalue weighted by Crippen LogP contribution is -2.41. The van der Waals surface area contributed by atoms with Gasteiger partial charge in [-0.25, -0.2) is 0 Å². The number of benzene rings is 2. The molecule has 0 atom stereocenters. The third-order valence-electron chi connectivity index (χ3n) is 6.00. The number of carbonyl (C=O) groups excluding carboxylic acids is 2. The first-order valence-electron chi connectivity index (χ1n) is 10.7. The van der Waals surface area contributed by atoms with E-state index < -0.39 is 11.8 Å². The molecule has 2 amide bonds. The van der Waals surface area contributed by atoms with E-state index in [9.17, 15) is 9.59 Å². The molecule has 1 aromatic heterocycles. The van der Waals surface area contributed by atoms with Crippen molar-refractivity contribution in [3.05, 3.63) is 60.3 Å². The van der Waals surface area contributed by atoms with E-state index in [2.05, 4.69) is 39.5 Å². The smallest absolute Gasteiger partial charge is 0.313 e. The number of nitrogens with one attached hydrogen (secondary N) is 3. The first kappa shape index (κ1) is 20.9. The Morgan fingerprint density at radius 2 is 1.77 bits per heavy atom. The van der Waals surface area contributed by atoms with Crippen molar-refractivity contribution < 1.29 is 9.59 Å². The summed E-state index contributed by atoms with van der Waals surface area (Å²) < 4.78 is 0. The van der Waals surface area contributed by atoms with Crippen LogP contribution in [0.3, 0.4) is 0 Å². The quantitative estimate of drug-likeness (QED) is 0.556. The van der Waals surface area contributed by atoms with Crippen molar-refractivity contribution in [1.82, 2.24) is 15.2 Å². The lowest BCUT2D eigenvalue weighted by Gasteiger charge is -2.36. The Morgan fingerprint density at radius 3 is 2.48 bits per heavy atom. The fourth-order valence-corrected chi connectivity index (χ4v) is 4.05. The van der Waals surface area contributed by atoms with Gasteiger partial charge in [0.05, 0.1) is 6.54 Å². The van der Waals surface area contributed by atoms with Crippen LogP contribution in [0.5, 0.6) is 0 Å². The molecule has 3 aromatic rings. The van der Waals surface area contributed by atoms with Crippen molar-refractivity contribution in [1.29, 1.82) is 0 Å². The SMILES string of the molecule is CN1CCC(N(C)c2ccc(NC(=O)C(=O)NCc3cc4ccccc4[nH]3)cc2)CC1. The summed E-state index contributed by atoms with van der Waals surface area (Å²) in [5.41, 5.74) is 3.56. The van der Waals surface area contributed by atoms with Crippen LogP contribution in [-0.4, -0.2) is 54.9 Å². The van der Waals surface area contributed by atoms with Gasteiger partial charge in [-0.3, -0.25) is 9.59 Å². The molecule has 0 radical (unpaired) electrons. The summed E-state index contributed by atoms with van der Waals surface area (Å²) in [6, 6.07) is 18.0. The van der Waals surface area contributed by atoms with Crippen molar-refractivity contribution in [3.63, 3.8) is 0 Å². The second-order valence-electron chi connectivity index (χ2n) is 8.21. The summed E-state index contributed by atoms with van der Waals surface area (Å²) in [7, 11) is 4.27. The van der Waals surface area contributed by atoms with Gasteiger partial charge in [0.1, 0.15) is 0 Å². The monoisotopic (exact) mass is 419 g/mol. The number of H-pyrrole nitrogens is 1. The fraction of sp³-hybridized carbons (Fsp3) is 0.333. The number of nitrogens with zero attached hydrogens (tertiary/aromatic N) is 2. The number of hydrogen-bond acceptors (Lipinski definition) is 4. The van der Waals surface area contributed by atoms with Gasteiger partial charge in [-0.05, 0) is 74.8 Å². The predicted octanol–water partition coefficient (Wildman–Crippen LogP) is 2.95. The molecule has 31 heavy (non-hydrogen) atoms. The number of piperidine rings is 1. The molecule has 7 heteroatoms. The van der Waals surface area contributed by atoms with Gasteiger partial charge in [-0.2, -0.15) is 0 Å². The zero-order valence-electron chi connectivity index (χ0n) is 18.0. The molecule has 0 spiro atoms. The second kappa shape index (κ2) is 9.22. The number of amides is 2. The Kier molecular flexibility index (Phi) is 6.23. The number of aromatic nitrogens is 1. The van der Waals surface area contributed by atoms with Crippen LogP contribution in [0.1, 0.15) is 18.5 Å². The van der Waals surface area contributed by atoms with Crippen molar-refractivity contribution in [3.8, 4) is 0 Å². The van der Waals surface area contributed by atoms with Gasteiger partial charge >= 0.3 is 11.8 Å². The Hall–Kier alpha value is -3.32. The highest BCUT2D eigenvalue weighted by molar-refractivity contribution is 6.39. The van der Waals surface area contributed by atoms with Gasteiger partial charge in [0.2, 0.25) is 0 Å². The molecule has 2 heterocycles. The molecule has 0 saturated carbocycles. The zero-order valence-corrected chi connectivity index (χ0v) is 18.0. The maximum Gasteiger partial charge on any atom is 0.313 e. The molecule has 1 aliphatic rings. The van der Waals surface area contributed by atoms with Gasteiger partial charge in [0, 0.05) is 35.7 Å². The number of anilines is 2. The van der Waals surface area contributed by atoms with E-state index in [0.29, 0.717) is 11.7 Å². The summed E-state index contributed by atoms with van der Waals surface area (Å²) in [6.07, 6.45) is 2.28. The van der Waals surface area contributed by atoms with Crippen molar-refractivity contribution in [2.24, 2.45) is 0 Å². The molecular formula is C24H29N5O2. The summed E-state index contributed by atoms with van der Waals surface area (Å²) >= 11 is 0. The van der Waals surface area contributed by atoms with E-state index in [1.54, 1.807) is 0 Å². The summed E-state index contributed by atoms with van der Waals surface area (Å²) in [4.78, 5) is 32.3. The minimum atomic E-state index is -0.674. The predicted molar refractivity (Wildman–Crippen MR) is 124 cm³/mol. The first-order chi connectivity index (χ1) is 15.0. The van der Waals surface area contributed by atoms with Crippen LogP contribution in [0.25, 0.3) is 10.9 Å². The molecule has 3 N–H and O–H groups in total. The average molecular weight is 420 g/mol. The highest BCUT2D eigenvalue weighted by atomic mass is 16.2. The number of likely N-dealkylation sites (tertiary alicyclic amines) is 1. The van der Waals surface area contributed by atoms with E-state index >= 15 is 0 Å². The minimum Gasteiger partial charge on any atom is -0.372 e. The highest BCUT2D eigenvalue weighted by Crippen LogP contribution is 2.23. The molecule has 1 saturated heterocycles. The van der Waals surface area contributed by atoms with E-state index in [4.69, 9.17) is 0 Å². The largest absolute Gasteiger partial charge is 0.372 e. The van der Waals surface area contributed by atoms with Crippen LogP contribution in [-0.2, 0) is 16.1 Å². The Bertz CT molecular complexity index is 1020. The molecule has 1 fully saturated rings. The van der Waals surface area contributed by atoms with Crippen molar-refractivity contribution in [2.75, 3.05) is 37.4 Å². The molecule has 7 nitrogen and oxygen atoms in total. The number of fused-ring (bicyclic) bond motifs is 1. The first-order valence-corrected chi connectivity index (χ1v) is 10.7. The number of carbonyl (C=O) groups is 2. The maximum absolute atomic E-state index is 12.3. The number of rotatable bonds is 5. The van der Waals surface area contributed by atoms with Gasteiger partial charge in [0.25, 0.3) is 0 Å². The summed E-state index contributed by atoms with van der Waals surface area (Å²) in [5, 5.41) is 6.40. The number of aromatic amines is 1. The van der Waals surface area contributed by atoms with Crippen molar-refractivity contribution in [2.45, 2.75) is 25.4 Å². The van der Waals surface area contributed by atoms with Gasteiger partial charge in [-0.1, -0.05) is 18.2 Å². The Labute approximate surface area is 182 Å². The Balaban J connectivity index is 1.29. The van der Waals surface area contributed by atoms with Gasteiger partial charge in [-0.15, -0.1) is 0 Å². The molecule has 0 bridgehead atoms. The van der Waals surface area contributed by atoms with E-state index in [1.165, 1.54) is 0 Å². The van der Waals surface area contributed by atoms with Gasteiger partial charge in [0.15, 0.2) is 0 Å². The highest BCUT2D eigenvalue weighted by Gasteiger charge is 2.21. The number of para-hydroxylation sites is 1. The molecule has 4 rings (SSSR count). The van der Waals surface area contributed by atoms with Crippen LogP contribution in [0.4, 0.5) is 11.4 Å². The molecule has 162 valence electrons. The van der Waals surface area contributed by atoms with Crippen molar-refractivity contribution >= 4 is 34.1 Å². The lowest BCUT2D eigenvalue weighted by molar-refractivity contribution is -0.136. The van der Waals surface area contributed by atoms with Crippen LogP contribution in [0.2, 0.25) is 0 Å². The fourth-order valence-electron chi connectivity index (χ4n) is 4.05. The minimum absolute atomic E-state index is 0.265. The standard InChI is InChI=1S/C24H29N5O2/c1-28-13-11-21(12-14-28)29(2)20-9-7-18(8-10-20)27-24(31)23(30)25-16-19-15-17-5-3-4-6-22(17)26-19/h3-10,15,21,26H,11-14,16H2,1-2H3,(H,25,30)(H,27,31). The van der Waals surface area contributed by atoms with Crippen LogP contribution < -0.4 is 15.5 Å². The van der Waals surface area contributed by atoms with E-state index in [1.807, 2.05) is 54.6 Å². The molecule has 0 aliphatic carbocycles. The topological polar surface area (TPSA) is 80.5 Å². The normalized spacial score (nSPS) is 15.0. The zero-order chi connectivity index (χ0) is 21.8. The number of hydrogen-bond donors (Lipinski definition) is 3. The second-order valence-corrected chi connectivity index (χ2v) is 8.21. The van der Waals surface area contributed by atoms with Crippen LogP contribution in [0, 0.1) is 0 Å². The molecule has 1 aliphatic heterocycles. The average Bonchev–Trinajstić information content (AvgIpc) is 3.21. The summed E-state index contributed by atoms with van der Waals surface area (Å²) in [5.74, 6) is -1.33. The molecular weight excluding hydrogens is 390 g/mol. The molecule has 2 aromatic carbocycles. The van der Waals surface area contributed by atoms with Crippen LogP contribution >= 0.6 is 0 Å².